The Morgan fingerprint density at radius 2 is 1.96 bits per heavy atom. The molecule has 2 aromatic carbocycles. The molecule has 0 fully saturated rings. The molecule has 0 aliphatic heterocycles. The molecule has 0 bridgehead atoms. The zero-order valence-electron chi connectivity index (χ0n) is 15.0. The summed E-state index contributed by atoms with van der Waals surface area (Å²) in [6.07, 6.45) is 1.20. The van der Waals surface area contributed by atoms with E-state index in [-0.39, 0.29) is 11.4 Å². The number of aryl methyl sites for hydroxylation is 2. The molecule has 4 rings (SSSR count). The van der Waals surface area contributed by atoms with Crippen LogP contribution in [0.1, 0.15) is 16.1 Å². The van der Waals surface area contributed by atoms with E-state index in [1.807, 2.05) is 31.2 Å². The van der Waals surface area contributed by atoms with Gasteiger partial charge in [0.25, 0.3) is 5.91 Å². The average Bonchev–Trinajstić information content (AvgIpc) is 3.25. The van der Waals surface area contributed by atoms with Crippen molar-refractivity contribution in [3.8, 4) is 10.6 Å². The van der Waals surface area contributed by atoms with Crippen LogP contribution in [0.15, 0.2) is 48.7 Å². The smallest absolute Gasteiger partial charge is 0.320 e. The third-order valence-electron chi connectivity index (χ3n) is 4.15. The number of fused-ring (bicyclic) bond motifs is 1. The van der Waals surface area contributed by atoms with Crippen LogP contribution >= 0.6 is 11.3 Å². The molecule has 4 aromatic rings. The van der Waals surface area contributed by atoms with Crippen molar-refractivity contribution in [2.45, 2.75) is 6.92 Å². The van der Waals surface area contributed by atoms with Crippen LogP contribution in [0.25, 0.3) is 20.8 Å². The molecule has 0 saturated heterocycles. The zero-order chi connectivity index (χ0) is 19.8. The lowest BCUT2D eigenvalue weighted by Crippen LogP contribution is -2.14. The molecule has 1 amide bonds. The van der Waals surface area contributed by atoms with Crippen molar-refractivity contribution in [3.05, 3.63) is 70.0 Å². The van der Waals surface area contributed by atoms with Crippen LogP contribution in [-0.4, -0.2) is 25.6 Å². The van der Waals surface area contributed by atoms with E-state index in [0.717, 1.165) is 20.8 Å². The fourth-order valence-corrected chi connectivity index (χ4v) is 3.88. The van der Waals surface area contributed by atoms with Crippen LogP contribution in [0.3, 0.4) is 0 Å². The molecule has 1 N–H and O–H groups in total. The van der Waals surface area contributed by atoms with Gasteiger partial charge >= 0.3 is 5.69 Å². The van der Waals surface area contributed by atoms with Gasteiger partial charge in [0.1, 0.15) is 11.2 Å². The second kappa shape index (κ2) is 6.86. The third-order valence-corrected chi connectivity index (χ3v) is 5.22. The lowest BCUT2D eigenvalue weighted by molar-refractivity contribution is -0.385. The summed E-state index contributed by atoms with van der Waals surface area (Å²) < 4.78 is 2.36. The van der Waals surface area contributed by atoms with Crippen LogP contribution in [-0.2, 0) is 7.05 Å². The van der Waals surface area contributed by atoms with E-state index in [2.05, 4.69) is 21.5 Å². The van der Waals surface area contributed by atoms with Crippen LogP contribution in [0, 0.1) is 17.0 Å². The Bertz CT molecular complexity index is 1210. The van der Waals surface area contributed by atoms with E-state index in [9.17, 15) is 14.9 Å². The summed E-state index contributed by atoms with van der Waals surface area (Å²) in [5.41, 5.74) is 3.03. The highest BCUT2D eigenvalue weighted by Crippen LogP contribution is 2.31. The summed E-state index contributed by atoms with van der Waals surface area (Å²) in [6.45, 7) is 2.04. The summed E-state index contributed by atoms with van der Waals surface area (Å²) in [4.78, 5) is 27.4. The minimum atomic E-state index is -0.629. The van der Waals surface area contributed by atoms with Gasteiger partial charge in [0.2, 0.25) is 5.69 Å². The molecule has 9 heteroatoms. The second-order valence-corrected chi connectivity index (χ2v) is 7.35. The fourth-order valence-electron chi connectivity index (χ4n) is 2.81. The van der Waals surface area contributed by atoms with Gasteiger partial charge in [-0.2, -0.15) is 5.10 Å². The first-order valence-electron chi connectivity index (χ1n) is 8.38. The summed E-state index contributed by atoms with van der Waals surface area (Å²) in [7, 11) is 1.53. The van der Waals surface area contributed by atoms with Gasteiger partial charge in [-0.1, -0.05) is 6.07 Å². The molecular formula is C19H15N5O3S. The molecule has 0 aliphatic rings. The van der Waals surface area contributed by atoms with E-state index in [1.54, 1.807) is 23.5 Å². The van der Waals surface area contributed by atoms with Gasteiger partial charge in [0.15, 0.2) is 0 Å². The Morgan fingerprint density at radius 1 is 1.21 bits per heavy atom. The first-order valence-corrected chi connectivity index (χ1v) is 9.19. The van der Waals surface area contributed by atoms with Crippen molar-refractivity contribution in [1.29, 1.82) is 0 Å². The Kier molecular flexibility index (Phi) is 4.36. The van der Waals surface area contributed by atoms with Gasteiger partial charge in [-0.15, -0.1) is 11.3 Å². The Hall–Kier alpha value is -3.59. The van der Waals surface area contributed by atoms with Crippen molar-refractivity contribution < 1.29 is 9.72 Å². The Morgan fingerprint density at radius 3 is 2.68 bits per heavy atom. The average molecular weight is 393 g/mol. The minimum absolute atomic E-state index is 0.224. The number of aromatic nitrogens is 3. The predicted molar refractivity (Wildman–Crippen MR) is 108 cm³/mol. The molecular weight excluding hydrogens is 378 g/mol. The summed E-state index contributed by atoms with van der Waals surface area (Å²) >= 11 is 1.60. The monoisotopic (exact) mass is 393 g/mol. The third kappa shape index (κ3) is 3.35. The van der Waals surface area contributed by atoms with E-state index < -0.39 is 10.8 Å². The maximum Gasteiger partial charge on any atom is 0.320 e. The second-order valence-electron chi connectivity index (χ2n) is 6.32. The Labute approximate surface area is 163 Å². The van der Waals surface area contributed by atoms with Crippen LogP contribution in [0.2, 0.25) is 0 Å². The highest BCUT2D eigenvalue weighted by Gasteiger charge is 2.24. The van der Waals surface area contributed by atoms with Gasteiger partial charge in [0, 0.05) is 18.3 Å². The van der Waals surface area contributed by atoms with Crippen molar-refractivity contribution in [1.82, 2.24) is 14.8 Å². The number of carbonyl (C=O) groups is 1. The number of nitro groups is 1. The number of anilines is 1. The van der Waals surface area contributed by atoms with Gasteiger partial charge in [-0.05, 0) is 48.9 Å². The topological polar surface area (TPSA) is 103 Å². The minimum Gasteiger partial charge on any atom is -0.320 e. The molecule has 0 radical (unpaired) electrons. The van der Waals surface area contributed by atoms with Gasteiger partial charge < -0.3 is 5.32 Å². The quantitative estimate of drug-likeness (QED) is 0.414. The molecule has 28 heavy (non-hydrogen) atoms. The number of thiazole rings is 1. The molecule has 2 heterocycles. The molecule has 0 saturated carbocycles. The number of amides is 1. The standard InChI is InChI=1S/C19H15N5O3S/c1-11-3-8-14-16(9-11)28-19(21-14)12-4-6-13(7-5-12)20-18(25)17-15(24(26)27)10-23(2)22-17/h3-10H,1-2H3,(H,20,25). The number of hydrogen-bond donors (Lipinski definition) is 1. The van der Waals surface area contributed by atoms with Crippen molar-refractivity contribution >= 4 is 38.8 Å². The zero-order valence-corrected chi connectivity index (χ0v) is 15.9. The summed E-state index contributed by atoms with van der Waals surface area (Å²) in [6, 6.07) is 13.3. The largest absolute Gasteiger partial charge is 0.320 e. The van der Waals surface area contributed by atoms with Gasteiger partial charge in [-0.25, -0.2) is 4.98 Å². The van der Waals surface area contributed by atoms with E-state index >= 15 is 0 Å². The van der Waals surface area contributed by atoms with Crippen LogP contribution < -0.4 is 5.32 Å². The number of carbonyl (C=O) groups excluding carboxylic acids is 1. The summed E-state index contributed by atoms with van der Waals surface area (Å²) in [5, 5.41) is 18.5. The molecule has 140 valence electrons. The number of hydrogen-bond acceptors (Lipinski definition) is 6. The number of benzene rings is 2. The maximum absolute atomic E-state index is 12.4. The normalized spacial score (nSPS) is 10.9. The number of nitrogens with one attached hydrogen (secondary N) is 1. The first kappa shape index (κ1) is 17.8. The molecule has 0 unspecified atom stereocenters. The number of nitrogens with zero attached hydrogens (tertiary/aromatic N) is 4. The Balaban J connectivity index is 1.56. The predicted octanol–water partition coefficient (Wildman–Crippen LogP) is 4.17. The van der Waals surface area contributed by atoms with Crippen molar-refractivity contribution in [2.24, 2.45) is 7.05 Å². The maximum atomic E-state index is 12.4. The van der Waals surface area contributed by atoms with Gasteiger partial charge in [-0.3, -0.25) is 19.6 Å². The molecule has 0 spiro atoms. The lowest BCUT2D eigenvalue weighted by atomic mass is 10.2. The summed E-state index contributed by atoms with van der Waals surface area (Å²) in [5.74, 6) is -0.629. The molecule has 8 nitrogen and oxygen atoms in total. The van der Waals surface area contributed by atoms with Crippen molar-refractivity contribution in [2.75, 3.05) is 5.32 Å². The first-order chi connectivity index (χ1) is 13.4. The highest BCUT2D eigenvalue weighted by molar-refractivity contribution is 7.21. The van der Waals surface area contributed by atoms with Crippen molar-refractivity contribution in [3.63, 3.8) is 0 Å². The molecule has 2 aromatic heterocycles. The van der Waals surface area contributed by atoms with Crippen LogP contribution in [0.4, 0.5) is 11.4 Å². The van der Waals surface area contributed by atoms with Gasteiger partial charge in [0.05, 0.1) is 15.1 Å². The van der Waals surface area contributed by atoms with E-state index in [1.165, 1.54) is 23.5 Å². The van der Waals surface area contributed by atoms with Crippen LogP contribution in [0.5, 0.6) is 0 Å². The fraction of sp³-hybridized carbons (Fsp3) is 0.105. The number of rotatable bonds is 4. The molecule has 0 aliphatic carbocycles. The van der Waals surface area contributed by atoms with E-state index in [4.69, 9.17) is 0 Å². The lowest BCUT2D eigenvalue weighted by Gasteiger charge is -2.04. The molecule has 0 atom stereocenters. The van der Waals surface area contributed by atoms with E-state index in [0.29, 0.717) is 5.69 Å². The highest BCUT2D eigenvalue weighted by atomic mass is 32.1. The SMILES string of the molecule is Cc1ccc2nc(-c3ccc(NC(=O)c4nn(C)cc4[N+](=O)[O-])cc3)sc2c1.